The normalized spacial score (nSPS) is 19.3. The van der Waals surface area contributed by atoms with Crippen molar-refractivity contribution in [2.75, 3.05) is 0 Å². The van der Waals surface area contributed by atoms with Crippen LogP contribution in [0.25, 0.3) is 0 Å². The van der Waals surface area contributed by atoms with Gasteiger partial charge in [-0.3, -0.25) is 9.79 Å². The second kappa shape index (κ2) is 6.66. The molecule has 0 fully saturated rings. The molecule has 4 heteroatoms. The number of hydrogen-bond donors (Lipinski definition) is 0. The lowest BCUT2D eigenvalue weighted by Gasteiger charge is -2.04. The first kappa shape index (κ1) is 14.0. The summed E-state index contributed by atoms with van der Waals surface area (Å²) in [5.74, 6) is 0.168. The number of rotatable bonds is 5. The van der Waals surface area contributed by atoms with E-state index in [4.69, 9.17) is 4.74 Å². The summed E-state index contributed by atoms with van der Waals surface area (Å²) in [5.41, 5.74) is 0.836. The zero-order chi connectivity index (χ0) is 13.7. The van der Waals surface area contributed by atoms with Gasteiger partial charge in [0, 0.05) is 0 Å². The van der Waals surface area contributed by atoms with Crippen LogP contribution in [-0.4, -0.2) is 12.2 Å². The number of halogens is 1. The van der Waals surface area contributed by atoms with E-state index in [0.717, 1.165) is 29.4 Å². The van der Waals surface area contributed by atoms with Gasteiger partial charge < -0.3 is 4.74 Å². The summed E-state index contributed by atoms with van der Waals surface area (Å²) >= 11 is 3.46. The van der Waals surface area contributed by atoms with E-state index in [1.54, 1.807) is 6.21 Å². The zero-order valence-corrected chi connectivity index (χ0v) is 12.4. The summed E-state index contributed by atoms with van der Waals surface area (Å²) in [6.45, 7) is 2.11. The average Bonchev–Trinajstić information content (AvgIpc) is 2.70. The highest BCUT2D eigenvalue weighted by atomic mass is 79.9. The van der Waals surface area contributed by atoms with Crippen LogP contribution in [0.5, 0.6) is 0 Å². The first-order valence-electron chi connectivity index (χ1n) is 6.43. The number of unbranched alkanes of at least 4 members (excludes halogenated alkanes) is 1. The van der Waals surface area contributed by atoms with Crippen molar-refractivity contribution in [3.8, 4) is 0 Å². The molecule has 2 rings (SSSR count). The number of aliphatic imine (C=N–C) groups is 1. The number of cyclic esters (lactones) is 1. The van der Waals surface area contributed by atoms with Gasteiger partial charge in [0.2, 0.25) is 0 Å². The molecule has 3 nitrogen and oxygen atoms in total. The van der Waals surface area contributed by atoms with Gasteiger partial charge in [0.15, 0.2) is 5.76 Å². The number of allylic oxidation sites excluding steroid dienone is 1. The molecule has 1 atom stereocenters. The molecule has 1 heterocycles. The maximum absolute atomic E-state index is 11.8. The molecule has 0 aromatic heterocycles. The molecule has 1 aromatic rings. The summed E-state index contributed by atoms with van der Waals surface area (Å²) in [5, 5.41) is 0. The molecule has 0 saturated heterocycles. The minimum absolute atomic E-state index is 0.169. The highest BCUT2D eigenvalue weighted by molar-refractivity contribution is 9.11. The fraction of sp³-hybridized carbons (Fsp3) is 0.333. The second-order valence-electron chi connectivity index (χ2n) is 4.42. The summed E-state index contributed by atoms with van der Waals surface area (Å²) in [6, 6.07) is 9.57. The maximum atomic E-state index is 11.8. The van der Waals surface area contributed by atoms with Crippen LogP contribution in [0.2, 0.25) is 0 Å². The number of para-hydroxylation sites is 1. The topological polar surface area (TPSA) is 38.7 Å². The number of carbonyl (C=O) groups excluding carboxylic acids is 1. The Morgan fingerprint density at radius 1 is 1.37 bits per heavy atom. The first-order valence-corrected chi connectivity index (χ1v) is 7.22. The molecule has 0 saturated carbocycles. The molecule has 100 valence electrons. The lowest BCUT2D eigenvalue weighted by atomic mass is 10.0. The van der Waals surface area contributed by atoms with Crippen LogP contribution in [0.15, 0.2) is 45.6 Å². The first-order chi connectivity index (χ1) is 9.22. The lowest BCUT2D eigenvalue weighted by molar-refractivity contribution is -0.139. The van der Waals surface area contributed by atoms with E-state index in [-0.39, 0.29) is 11.9 Å². The van der Waals surface area contributed by atoms with E-state index >= 15 is 0 Å². The van der Waals surface area contributed by atoms with Crippen molar-refractivity contribution in [2.24, 2.45) is 10.9 Å². The minimum Gasteiger partial charge on any atom is -0.424 e. The van der Waals surface area contributed by atoms with Gasteiger partial charge in [-0.25, -0.2) is 0 Å². The lowest BCUT2D eigenvalue weighted by Crippen LogP contribution is -2.09. The van der Waals surface area contributed by atoms with Crippen LogP contribution in [0.1, 0.15) is 26.2 Å². The smallest absolute Gasteiger partial charge is 0.319 e. The molecular formula is C15H16BrNO2. The maximum Gasteiger partial charge on any atom is 0.319 e. The van der Waals surface area contributed by atoms with Gasteiger partial charge in [-0.1, -0.05) is 53.9 Å². The Morgan fingerprint density at radius 3 is 2.79 bits per heavy atom. The van der Waals surface area contributed by atoms with E-state index in [0.29, 0.717) is 5.76 Å². The molecule has 0 amide bonds. The summed E-state index contributed by atoms with van der Waals surface area (Å²) in [6.07, 6.45) is 4.50. The molecule has 0 spiro atoms. The highest BCUT2D eigenvalue weighted by Gasteiger charge is 2.32. The van der Waals surface area contributed by atoms with Crippen molar-refractivity contribution < 1.29 is 9.53 Å². The largest absolute Gasteiger partial charge is 0.424 e. The summed E-state index contributed by atoms with van der Waals surface area (Å²) in [7, 11) is 0. The minimum atomic E-state index is -0.185. The van der Waals surface area contributed by atoms with Crippen LogP contribution < -0.4 is 0 Å². The van der Waals surface area contributed by atoms with Crippen LogP contribution >= 0.6 is 15.9 Å². The van der Waals surface area contributed by atoms with Gasteiger partial charge in [0.25, 0.3) is 0 Å². The van der Waals surface area contributed by atoms with E-state index in [2.05, 4.69) is 27.8 Å². The molecule has 1 aromatic carbocycles. The van der Waals surface area contributed by atoms with Crippen LogP contribution in [-0.2, 0) is 9.53 Å². The van der Waals surface area contributed by atoms with Crippen molar-refractivity contribution in [3.05, 3.63) is 40.6 Å². The van der Waals surface area contributed by atoms with Crippen LogP contribution in [0.3, 0.4) is 0 Å². The van der Waals surface area contributed by atoms with Crippen LogP contribution in [0.4, 0.5) is 5.69 Å². The van der Waals surface area contributed by atoms with Gasteiger partial charge in [0.05, 0.1) is 22.3 Å². The van der Waals surface area contributed by atoms with E-state index in [1.807, 2.05) is 30.3 Å². The van der Waals surface area contributed by atoms with Crippen molar-refractivity contribution in [1.29, 1.82) is 0 Å². The van der Waals surface area contributed by atoms with Gasteiger partial charge >= 0.3 is 5.97 Å². The van der Waals surface area contributed by atoms with Crippen molar-refractivity contribution in [1.82, 2.24) is 0 Å². The Kier molecular flexibility index (Phi) is 4.91. The Bertz CT molecular complexity index is 508. The Balaban J connectivity index is 2.10. The summed E-state index contributed by atoms with van der Waals surface area (Å²) in [4.78, 5) is 16.1. The number of ether oxygens (including phenoxy) is 1. The van der Waals surface area contributed by atoms with E-state index in [1.165, 1.54) is 0 Å². The molecule has 19 heavy (non-hydrogen) atoms. The van der Waals surface area contributed by atoms with Gasteiger partial charge in [-0.2, -0.15) is 0 Å². The second-order valence-corrected chi connectivity index (χ2v) is 5.28. The molecule has 1 aliphatic rings. The number of esters is 1. The molecule has 0 radical (unpaired) electrons. The Morgan fingerprint density at radius 2 is 2.11 bits per heavy atom. The number of benzene rings is 1. The third-order valence-corrected chi connectivity index (χ3v) is 3.91. The van der Waals surface area contributed by atoms with Crippen LogP contribution in [0, 0.1) is 5.92 Å². The standard InChI is InChI=1S/C15H16BrNO2/c1-2-3-9-12-14(16)13(19-15(12)18)10-17-11-7-5-4-6-8-11/h4-8,10,12H,2-3,9H2,1H3. The monoisotopic (exact) mass is 321 g/mol. The van der Waals surface area contributed by atoms with Crippen molar-refractivity contribution >= 4 is 33.8 Å². The highest BCUT2D eigenvalue weighted by Crippen LogP contribution is 2.34. The number of hydrogen-bond acceptors (Lipinski definition) is 3. The third-order valence-electron chi connectivity index (χ3n) is 2.97. The Hall–Kier alpha value is -1.42. The van der Waals surface area contributed by atoms with E-state index < -0.39 is 0 Å². The number of nitrogens with zero attached hydrogens (tertiary/aromatic N) is 1. The average molecular weight is 322 g/mol. The molecule has 1 unspecified atom stereocenters. The predicted octanol–water partition coefficient (Wildman–Crippen LogP) is 4.36. The Labute approximate surface area is 121 Å². The fourth-order valence-corrected chi connectivity index (χ4v) is 2.49. The van der Waals surface area contributed by atoms with E-state index in [9.17, 15) is 4.79 Å². The number of carbonyl (C=O) groups is 1. The quantitative estimate of drug-likeness (QED) is 0.597. The van der Waals surface area contributed by atoms with Crippen molar-refractivity contribution in [2.45, 2.75) is 26.2 Å². The predicted molar refractivity (Wildman–Crippen MR) is 79.7 cm³/mol. The zero-order valence-electron chi connectivity index (χ0n) is 10.8. The molecule has 1 aliphatic heterocycles. The summed E-state index contributed by atoms with van der Waals surface area (Å²) < 4.78 is 6.06. The molecule has 0 aliphatic carbocycles. The molecular weight excluding hydrogens is 306 g/mol. The van der Waals surface area contributed by atoms with Gasteiger partial charge in [0.1, 0.15) is 0 Å². The SMILES string of the molecule is CCCCC1C(=O)OC(C=Nc2ccccc2)=C1Br. The van der Waals surface area contributed by atoms with Gasteiger partial charge in [-0.15, -0.1) is 0 Å². The van der Waals surface area contributed by atoms with Crippen molar-refractivity contribution in [3.63, 3.8) is 0 Å². The molecule has 0 bridgehead atoms. The van der Waals surface area contributed by atoms with Gasteiger partial charge in [-0.05, 0) is 18.6 Å². The fourth-order valence-electron chi connectivity index (χ4n) is 1.89. The third kappa shape index (κ3) is 3.53. The molecule has 0 N–H and O–H groups in total.